The fourth-order valence-electron chi connectivity index (χ4n) is 6.27. The Bertz CT molecular complexity index is 1860. The zero-order chi connectivity index (χ0) is 32.8. The number of hydrogen-bond acceptors (Lipinski definition) is 6. The normalized spacial score (nSPS) is 15.5. The monoisotopic (exact) mass is 651 g/mol. The van der Waals surface area contributed by atoms with Crippen molar-refractivity contribution in [2.24, 2.45) is 0 Å². The highest BCUT2D eigenvalue weighted by Crippen LogP contribution is 2.29. The third-order valence-electron chi connectivity index (χ3n) is 8.68. The van der Waals surface area contributed by atoms with E-state index < -0.39 is 5.91 Å². The van der Waals surface area contributed by atoms with Crippen LogP contribution in [-0.4, -0.2) is 49.0 Å². The van der Waals surface area contributed by atoms with Gasteiger partial charge in [0.25, 0.3) is 5.91 Å². The fraction of sp³-hybridized carbons (Fsp3) is 0.289. The van der Waals surface area contributed by atoms with Crippen molar-refractivity contribution in [2.45, 2.75) is 44.7 Å². The van der Waals surface area contributed by atoms with Crippen molar-refractivity contribution in [2.75, 3.05) is 31.1 Å². The van der Waals surface area contributed by atoms with Gasteiger partial charge in [0.2, 0.25) is 5.91 Å². The van der Waals surface area contributed by atoms with Gasteiger partial charge in [-0.1, -0.05) is 66.2 Å². The van der Waals surface area contributed by atoms with Gasteiger partial charge in [-0.15, -0.1) is 0 Å². The number of ether oxygens (including phenoxy) is 1. The second kappa shape index (κ2) is 14.7. The molecule has 0 radical (unpaired) electrons. The Morgan fingerprint density at radius 1 is 1.00 bits per heavy atom. The first-order valence-electron chi connectivity index (χ1n) is 16.0. The summed E-state index contributed by atoms with van der Waals surface area (Å²) in [4.78, 5) is 43.1. The number of piperidine rings is 1. The van der Waals surface area contributed by atoms with E-state index in [-0.39, 0.29) is 23.1 Å². The van der Waals surface area contributed by atoms with Gasteiger partial charge in [-0.05, 0) is 73.2 Å². The second-order valence-corrected chi connectivity index (χ2v) is 12.4. The SMILES string of the molecule is C=CCOc1ccc2oc(C(=O)N[C@@H](C=C3CCN(c4ccccc4CN4CCCC4=O)CC3)Cc3ccc(Cl)cc3)cc(=O)c2c1. The Kier molecular flexibility index (Phi) is 10.1. The van der Waals surface area contributed by atoms with Gasteiger partial charge in [-0.3, -0.25) is 14.4 Å². The number of fused-ring (bicyclic) bond motifs is 1. The average Bonchev–Trinajstić information content (AvgIpc) is 3.49. The molecule has 8 nitrogen and oxygen atoms in total. The van der Waals surface area contributed by atoms with Crippen molar-refractivity contribution in [1.82, 2.24) is 10.2 Å². The van der Waals surface area contributed by atoms with E-state index in [2.05, 4.69) is 41.1 Å². The van der Waals surface area contributed by atoms with E-state index in [0.29, 0.717) is 47.7 Å². The predicted octanol–water partition coefficient (Wildman–Crippen LogP) is 6.70. The Hall–Kier alpha value is -4.82. The van der Waals surface area contributed by atoms with Crippen molar-refractivity contribution in [3.8, 4) is 5.75 Å². The molecule has 2 amide bonds. The molecular weight excluding hydrogens is 614 g/mol. The standard InChI is InChI=1S/C38H38ClN3O5/c1-2-20-46-31-13-14-35-32(23-31)34(43)24-36(47-35)38(45)40-30(21-26-9-11-29(39)12-10-26)22-27-15-18-41(19-16-27)33-7-4-3-6-28(33)25-42-17-5-8-37(42)44/h2-4,6-7,9-14,22-24,30H,1,5,8,15-21,25H2,(H,40,45)/t30-/m1/s1. The molecule has 0 unspecified atom stereocenters. The highest BCUT2D eigenvalue weighted by Gasteiger charge is 2.24. The maximum absolute atomic E-state index is 13.5. The number of hydrogen-bond donors (Lipinski definition) is 1. The molecule has 9 heteroatoms. The molecule has 2 aliphatic heterocycles. The van der Waals surface area contributed by atoms with E-state index in [1.165, 1.54) is 22.9 Å². The summed E-state index contributed by atoms with van der Waals surface area (Å²) in [5.74, 6) is 0.232. The third-order valence-corrected chi connectivity index (χ3v) is 8.94. The summed E-state index contributed by atoms with van der Waals surface area (Å²) in [7, 11) is 0. The number of benzene rings is 3. The van der Waals surface area contributed by atoms with E-state index >= 15 is 0 Å². The van der Waals surface area contributed by atoms with Crippen LogP contribution < -0.4 is 20.4 Å². The fourth-order valence-corrected chi connectivity index (χ4v) is 6.40. The molecule has 3 heterocycles. The smallest absolute Gasteiger partial charge is 0.287 e. The lowest BCUT2D eigenvalue weighted by Gasteiger charge is -2.33. The van der Waals surface area contributed by atoms with Crippen molar-refractivity contribution >= 4 is 40.1 Å². The number of amides is 2. The van der Waals surface area contributed by atoms with Crippen LogP contribution in [0.3, 0.4) is 0 Å². The summed E-state index contributed by atoms with van der Waals surface area (Å²) in [5, 5.41) is 4.08. The topological polar surface area (TPSA) is 92.1 Å². The van der Waals surface area contributed by atoms with E-state index in [4.69, 9.17) is 20.8 Å². The van der Waals surface area contributed by atoms with Crippen molar-refractivity contribution in [1.29, 1.82) is 0 Å². The Labute approximate surface area is 279 Å². The molecule has 0 spiro atoms. The quantitative estimate of drug-likeness (QED) is 0.182. The number of rotatable bonds is 11. The molecule has 3 aromatic carbocycles. The van der Waals surface area contributed by atoms with Gasteiger partial charge in [0.15, 0.2) is 11.2 Å². The van der Waals surface area contributed by atoms with Crippen molar-refractivity contribution < 1.29 is 18.7 Å². The molecule has 0 saturated carbocycles. The molecular formula is C38H38ClN3O5. The second-order valence-electron chi connectivity index (χ2n) is 12.0. The maximum Gasteiger partial charge on any atom is 0.287 e. The number of likely N-dealkylation sites (tertiary alicyclic amines) is 1. The van der Waals surface area contributed by atoms with Crippen LogP contribution in [0.4, 0.5) is 5.69 Å². The molecule has 4 aromatic rings. The summed E-state index contributed by atoms with van der Waals surface area (Å²) in [6, 6.07) is 21.7. The Morgan fingerprint density at radius 2 is 1.79 bits per heavy atom. The number of anilines is 1. The number of carbonyl (C=O) groups is 2. The number of carbonyl (C=O) groups excluding carboxylic acids is 2. The van der Waals surface area contributed by atoms with Crippen LogP contribution in [0.5, 0.6) is 5.75 Å². The average molecular weight is 652 g/mol. The zero-order valence-corrected chi connectivity index (χ0v) is 27.0. The molecule has 47 heavy (non-hydrogen) atoms. The summed E-state index contributed by atoms with van der Waals surface area (Å²) in [6.45, 7) is 7.07. The van der Waals surface area contributed by atoms with E-state index in [9.17, 15) is 14.4 Å². The van der Waals surface area contributed by atoms with Gasteiger partial charge < -0.3 is 24.3 Å². The molecule has 2 fully saturated rings. The van der Waals surface area contributed by atoms with Crippen LogP contribution in [0.25, 0.3) is 11.0 Å². The van der Waals surface area contributed by atoms with Crippen LogP contribution in [0.2, 0.25) is 5.02 Å². The zero-order valence-electron chi connectivity index (χ0n) is 26.3. The predicted molar refractivity (Wildman–Crippen MR) is 185 cm³/mol. The van der Waals surface area contributed by atoms with Gasteiger partial charge in [-0.2, -0.15) is 0 Å². The molecule has 2 aliphatic rings. The minimum atomic E-state index is -0.463. The van der Waals surface area contributed by atoms with Gasteiger partial charge >= 0.3 is 0 Å². The van der Waals surface area contributed by atoms with Crippen molar-refractivity contribution in [3.05, 3.63) is 129 Å². The summed E-state index contributed by atoms with van der Waals surface area (Å²) in [5.41, 5.74) is 4.59. The van der Waals surface area contributed by atoms with E-state index in [0.717, 1.165) is 44.5 Å². The summed E-state index contributed by atoms with van der Waals surface area (Å²) < 4.78 is 11.4. The summed E-state index contributed by atoms with van der Waals surface area (Å²) >= 11 is 6.14. The largest absolute Gasteiger partial charge is 0.490 e. The molecule has 1 N–H and O–H groups in total. The van der Waals surface area contributed by atoms with Gasteiger partial charge in [0.05, 0.1) is 11.4 Å². The molecule has 2 saturated heterocycles. The number of nitrogens with zero attached hydrogens (tertiary/aromatic N) is 2. The molecule has 0 aliphatic carbocycles. The highest BCUT2D eigenvalue weighted by atomic mass is 35.5. The van der Waals surface area contributed by atoms with Crippen LogP contribution in [0.15, 0.2) is 106 Å². The Morgan fingerprint density at radius 3 is 2.53 bits per heavy atom. The maximum atomic E-state index is 13.5. The van der Waals surface area contributed by atoms with E-state index in [1.54, 1.807) is 24.3 Å². The first kappa shape index (κ1) is 32.1. The molecule has 1 aromatic heterocycles. The first-order valence-corrected chi connectivity index (χ1v) is 16.4. The van der Waals surface area contributed by atoms with E-state index in [1.807, 2.05) is 35.2 Å². The minimum absolute atomic E-state index is 0.0512. The molecule has 1 atom stereocenters. The molecule has 242 valence electrons. The van der Waals surface area contributed by atoms with Crippen LogP contribution in [-0.2, 0) is 17.8 Å². The van der Waals surface area contributed by atoms with Crippen LogP contribution in [0.1, 0.15) is 47.4 Å². The highest BCUT2D eigenvalue weighted by molar-refractivity contribution is 6.30. The number of para-hydroxylation sites is 1. The van der Waals surface area contributed by atoms with Gasteiger partial charge in [-0.25, -0.2) is 0 Å². The molecule has 6 rings (SSSR count). The Balaban J connectivity index is 1.18. The van der Waals surface area contributed by atoms with Crippen molar-refractivity contribution in [3.63, 3.8) is 0 Å². The number of halogens is 1. The lowest BCUT2D eigenvalue weighted by atomic mass is 9.97. The summed E-state index contributed by atoms with van der Waals surface area (Å²) in [6.07, 6.45) is 7.54. The lowest BCUT2D eigenvalue weighted by molar-refractivity contribution is -0.128. The third kappa shape index (κ3) is 7.95. The van der Waals surface area contributed by atoms with Crippen LogP contribution in [0, 0.1) is 0 Å². The molecule has 0 bridgehead atoms. The van der Waals surface area contributed by atoms with Crippen LogP contribution >= 0.6 is 11.6 Å². The number of nitrogens with one attached hydrogen (secondary N) is 1. The minimum Gasteiger partial charge on any atom is -0.490 e. The lowest BCUT2D eigenvalue weighted by Crippen LogP contribution is -2.37. The van der Waals surface area contributed by atoms with Gasteiger partial charge in [0.1, 0.15) is 17.9 Å². The van der Waals surface area contributed by atoms with Gasteiger partial charge in [0, 0.05) is 49.4 Å². The first-order chi connectivity index (χ1) is 22.9.